The summed E-state index contributed by atoms with van der Waals surface area (Å²) in [6.07, 6.45) is 2.87. The van der Waals surface area contributed by atoms with Gasteiger partial charge in [0.15, 0.2) is 0 Å². The maximum Gasteiger partial charge on any atom is 0.327 e. The van der Waals surface area contributed by atoms with Crippen molar-refractivity contribution in [2.24, 2.45) is 11.1 Å². The highest BCUT2D eigenvalue weighted by Crippen LogP contribution is 2.45. The third-order valence-corrected chi connectivity index (χ3v) is 4.64. The largest absolute Gasteiger partial charge is 0.480 e. The Hall–Kier alpha value is -1.88. The molecule has 1 aliphatic heterocycles. The Labute approximate surface area is 117 Å². The van der Waals surface area contributed by atoms with Gasteiger partial charge in [0.05, 0.1) is 5.41 Å². The molecule has 1 atom stereocenters. The summed E-state index contributed by atoms with van der Waals surface area (Å²) in [5, 5.41) is 9.41. The summed E-state index contributed by atoms with van der Waals surface area (Å²) in [7, 11) is 0. The van der Waals surface area contributed by atoms with Gasteiger partial charge in [0.25, 0.3) is 0 Å². The molecule has 0 spiro atoms. The molecule has 3 N–H and O–H groups in total. The molecule has 1 aromatic rings. The Morgan fingerprint density at radius 3 is 2.60 bits per heavy atom. The van der Waals surface area contributed by atoms with Gasteiger partial charge in [0, 0.05) is 18.7 Å². The number of carbonyl (C=O) groups is 2. The number of nitrogens with two attached hydrogens (primary N) is 1. The summed E-state index contributed by atoms with van der Waals surface area (Å²) in [5.41, 5.74) is 6.88. The van der Waals surface area contributed by atoms with Crippen LogP contribution >= 0.6 is 0 Å². The van der Waals surface area contributed by atoms with Crippen molar-refractivity contribution in [3.8, 4) is 0 Å². The smallest absolute Gasteiger partial charge is 0.327 e. The molecule has 1 heterocycles. The lowest BCUT2D eigenvalue weighted by molar-refractivity contribution is -0.142. The number of nitrogens with zero attached hydrogens (tertiary/aromatic N) is 1. The zero-order chi connectivity index (χ0) is 14.3. The summed E-state index contributed by atoms with van der Waals surface area (Å²) < 4.78 is 0. The fourth-order valence-corrected chi connectivity index (χ4v) is 3.20. The van der Waals surface area contributed by atoms with E-state index in [1.807, 2.05) is 24.3 Å². The molecule has 5 heteroatoms. The van der Waals surface area contributed by atoms with Crippen LogP contribution in [0.4, 0.5) is 5.69 Å². The van der Waals surface area contributed by atoms with E-state index >= 15 is 0 Å². The Balaban J connectivity index is 2.00. The first kappa shape index (κ1) is 13.1. The third kappa shape index (κ3) is 1.73. The number of carboxylic acids is 1. The summed E-state index contributed by atoms with van der Waals surface area (Å²) in [6, 6.07) is 6.60. The first-order chi connectivity index (χ1) is 9.59. The molecule has 3 rings (SSSR count). The minimum atomic E-state index is -0.957. The van der Waals surface area contributed by atoms with Crippen LogP contribution in [0.1, 0.15) is 24.8 Å². The van der Waals surface area contributed by atoms with Gasteiger partial charge in [0.1, 0.15) is 6.04 Å². The molecule has 0 aromatic heterocycles. The van der Waals surface area contributed by atoms with Crippen molar-refractivity contribution in [1.29, 1.82) is 0 Å². The fraction of sp³-hybridized carbons (Fsp3) is 0.467. The lowest BCUT2D eigenvalue weighted by atomic mass is 9.67. The van der Waals surface area contributed by atoms with E-state index in [-0.39, 0.29) is 12.5 Å². The summed E-state index contributed by atoms with van der Waals surface area (Å²) in [4.78, 5) is 25.8. The minimum absolute atomic E-state index is 0.122. The van der Waals surface area contributed by atoms with Crippen molar-refractivity contribution in [2.75, 3.05) is 11.4 Å². The Bertz CT molecular complexity index is 560. The zero-order valence-electron chi connectivity index (χ0n) is 11.2. The van der Waals surface area contributed by atoms with Gasteiger partial charge in [-0.3, -0.25) is 9.69 Å². The second-order valence-electron chi connectivity index (χ2n) is 5.70. The van der Waals surface area contributed by atoms with E-state index in [9.17, 15) is 14.7 Å². The van der Waals surface area contributed by atoms with Crippen LogP contribution in [0.15, 0.2) is 24.3 Å². The predicted molar refractivity (Wildman–Crippen MR) is 74.4 cm³/mol. The van der Waals surface area contributed by atoms with E-state index in [4.69, 9.17) is 5.73 Å². The lowest BCUT2D eigenvalue weighted by Gasteiger charge is -2.42. The Kier molecular flexibility index (Phi) is 3.01. The number of rotatable bonds is 3. The van der Waals surface area contributed by atoms with Gasteiger partial charge in [-0.1, -0.05) is 24.6 Å². The van der Waals surface area contributed by atoms with Gasteiger partial charge < -0.3 is 10.8 Å². The Morgan fingerprint density at radius 1 is 1.35 bits per heavy atom. The monoisotopic (exact) mass is 274 g/mol. The van der Waals surface area contributed by atoms with Crippen molar-refractivity contribution in [3.05, 3.63) is 29.8 Å². The zero-order valence-corrected chi connectivity index (χ0v) is 11.2. The number of carboxylic acid groups (broad SMARTS) is 1. The molecular weight excluding hydrogens is 256 g/mol. The molecule has 0 unspecified atom stereocenters. The predicted octanol–water partition coefficient (Wildman–Crippen LogP) is 1.16. The van der Waals surface area contributed by atoms with E-state index in [0.29, 0.717) is 6.42 Å². The van der Waals surface area contributed by atoms with Crippen LogP contribution in [-0.4, -0.2) is 29.6 Å². The molecule has 1 aliphatic carbocycles. The molecular formula is C15H18N2O3. The third-order valence-electron chi connectivity index (χ3n) is 4.64. The maximum absolute atomic E-state index is 12.8. The highest BCUT2D eigenvalue weighted by molar-refractivity contribution is 6.05. The normalized spacial score (nSPS) is 23.1. The number of anilines is 1. The van der Waals surface area contributed by atoms with Crippen molar-refractivity contribution < 1.29 is 14.7 Å². The molecule has 0 saturated heterocycles. The first-order valence-electron chi connectivity index (χ1n) is 6.93. The quantitative estimate of drug-likeness (QED) is 0.866. The molecule has 2 aliphatic rings. The van der Waals surface area contributed by atoms with Crippen LogP contribution in [0, 0.1) is 5.41 Å². The van der Waals surface area contributed by atoms with Gasteiger partial charge in [-0.05, 0) is 24.5 Å². The van der Waals surface area contributed by atoms with E-state index in [1.54, 1.807) is 0 Å². The maximum atomic E-state index is 12.8. The van der Waals surface area contributed by atoms with Crippen LogP contribution in [-0.2, 0) is 16.0 Å². The highest BCUT2D eigenvalue weighted by Gasteiger charge is 2.50. The number of carbonyl (C=O) groups excluding carboxylic acids is 1. The molecule has 5 nitrogen and oxygen atoms in total. The standard InChI is InChI=1S/C15H18N2O3/c16-9-15(6-3-7-15)14(20)17-11-5-2-1-4-10(11)8-12(17)13(18)19/h1-2,4-5,12H,3,6-9,16H2,(H,18,19)/t12-/m0/s1. The second-order valence-corrected chi connectivity index (χ2v) is 5.70. The number of aliphatic carboxylic acids is 1. The molecule has 1 saturated carbocycles. The molecule has 0 radical (unpaired) electrons. The second kappa shape index (κ2) is 4.59. The average molecular weight is 274 g/mol. The molecule has 1 amide bonds. The van der Waals surface area contributed by atoms with E-state index in [2.05, 4.69) is 0 Å². The average Bonchev–Trinajstić information content (AvgIpc) is 2.77. The summed E-state index contributed by atoms with van der Waals surface area (Å²) >= 11 is 0. The van der Waals surface area contributed by atoms with Crippen LogP contribution < -0.4 is 10.6 Å². The Morgan fingerprint density at radius 2 is 2.05 bits per heavy atom. The summed E-state index contributed by atoms with van der Waals surface area (Å²) in [5.74, 6) is -1.08. The minimum Gasteiger partial charge on any atom is -0.480 e. The van der Waals surface area contributed by atoms with Crippen LogP contribution in [0.5, 0.6) is 0 Å². The fourth-order valence-electron chi connectivity index (χ4n) is 3.20. The van der Waals surface area contributed by atoms with Crippen molar-refractivity contribution in [1.82, 2.24) is 0 Å². The number of hydrogen-bond donors (Lipinski definition) is 2. The highest BCUT2D eigenvalue weighted by atomic mass is 16.4. The molecule has 20 heavy (non-hydrogen) atoms. The molecule has 0 bridgehead atoms. The van der Waals surface area contributed by atoms with E-state index in [0.717, 1.165) is 30.5 Å². The van der Waals surface area contributed by atoms with E-state index < -0.39 is 17.4 Å². The number of amides is 1. The SMILES string of the molecule is NCC1(C(=O)N2c3ccccc3C[C@H]2C(=O)O)CCC1. The topological polar surface area (TPSA) is 83.6 Å². The molecule has 106 valence electrons. The van der Waals surface area contributed by atoms with E-state index in [1.165, 1.54) is 4.90 Å². The van der Waals surface area contributed by atoms with Crippen molar-refractivity contribution in [2.45, 2.75) is 31.7 Å². The van der Waals surface area contributed by atoms with Crippen molar-refractivity contribution in [3.63, 3.8) is 0 Å². The lowest BCUT2D eigenvalue weighted by Crippen LogP contribution is -2.55. The van der Waals surface area contributed by atoms with Crippen LogP contribution in [0.2, 0.25) is 0 Å². The van der Waals surface area contributed by atoms with Gasteiger partial charge in [-0.15, -0.1) is 0 Å². The number of benzene rings is 1. The number of para-hydroxylation sites is 1. The van der Waals surface area contributed by atoms with Gasteiger partial charge in [-0.2, -0.15) is 0 Å². The van der Waals surface area contributed by atoms with Crippen molar-refractivity contribution >= 4 is 17.6 Å². The van der Waals surface area contributed by atoms with Crippen LogP contribution in [0.3, 0.4) is 0 Å². The summed E-state index contributed by atoms with van der Waals surface area (Å²) in [6.45, 7) is 0.289. The van der Waals surface area contributed by atoms with Gasteiger partial charge in [0.2, 0.25) is 5.91 Å². The van der Waals surface area contributed by atoms with Gasteiger partial charge >= 0.3 is 5.97 Å². The first-order valence-corrected chi connectivity index (χ1v) is 6.93. The molecule has 1 aromatic carbocycles. The number of hydrogen-bond acceptors (Lipinski definition) is 3. The number of fused-ring (bicyclic) bond motifs is 1. The van der Waals surface area contributed by atoms with Gasteiger partial charge in [-0.25, -0.2) is 4.79 Å². The van der Waals surface area contributed by atoms with Crippen LogP contribution in [0.25, 0.3) is 0 Å². The molecule has 1 fully saturated rings.